The van der Waals surface area contributed by atoms with E-state index in [0.717, 1.165) is 23.7 Å². The Bertz CT molecular complexity index is 1060. The first-order valence-corrected chi connectivity index (χ1v) is 7.75. The third-order valence-corrected chi connectivity index (χ3v) is 3.84. The Morgan fingerprint density at radius 2 is 1.92 bits per heavy atom. The summed E-state index contributed by atoms with van der Waals surface area (Å²) in [6.45, 7) is 0.280. The number of benzene rings is 1. The molecule has 0 aliphatic carbocycles. The Labute approximate surface area is 152 Å². The molecule has 0 radical (unpaired) electrons. The van der Waals surface area contributed by atoms with Crippen molar-refractivity contribution in [1.82, 2.24) is 9.97 Å². The van der Waals surface area contributed by atoms with Crippen molar-refractivity contribution in [3.63, 3.8) is 0 Å². The van der Waals surface area contributed by atoms with Gasteiger partial charge in [0.2, 0.25) is 5.69 Å². The number of rotatable bonds is 4. The third-order valence-electron chi connectivity index (χ3n) is 3.84. The summed E-state index contributed by atoms with van der Waals surface area (Å²) in [4.78, 5) is 8.13. The first-order valence-electron chi connectivity index (χ1n) is 10.7. The maximum atomic E-state index is 8.17. The van der Waals surface area contributed by atoms with Gasteiger partial charge in [0.1, 0.15) is 12.9 Å². The second-order valence-corrected chi connectivity index (χ2v) is 5.77. The molecule has 0 bridgehead atoms. The van der Waals surface area contributed by atoms with Gasteiger partial charge in [-0.3, -0.25) is 0 Å². The summed E-state index contributed by atoms with van der Waals surface area (Å²) < 4.78 is 48.9. The molecule has 24 heavy (non-hydrogen) atoms. The maximum Gasteiger partial charge on any atom is 0.212 e. The van der Waals surface area contributed by atoms with E-state index < -0.39 is 19.1 Å². The summed E-state index contributed by atoms with van der Waals surface area (Å²) in [5.41, 5.74) is 4.86. The van der Waals surface area contributed by atoms with Crippen molar-refractivity contribution in [2.24, 2.45) is 12.9 Å². The van der Waals surface area contributed by atoms with Crippen LogP contribution in [-0.2, 0) is 13.4 Å². The summed E-state index contributed by atoms with van der Waals surface area (Å²) in [6.07, 6.45) is 2.30. The standard InChI is InChI=1S/C21H24N3/c1-15(2)11-21-22-12-18(13-23-21)17-9-10-20(24(4)14-17)19-8-6-5-7-16(19)3/h5-10,12-15H,11H2,1-4H3/q+1/i1D3,11D2,15D. The molecule has 122 valence electrons. The second-order valence-electron chi connectivity index (χ2n) is 5.77. The lowest BCUT2D eigenvalue weighted by molar-refractivity contribution is -0.659. The minimum absolute atomic E-state index is 0.319. The normalized spacial score (nSPS) is 18.3. The van der Waals surface area contributed by atoms with Gasteiger partial charge in [0.15, 0.2) is 6.20 Å². The Kier molecular flexibility index (Phi) is 2.98. The van der Waals surface area contributed by atoms with Crippen LogP contribution in [0.1, 0.15) is 33.4 Å². The van der Waals surface area contributed by atoms with Crippen LogP contribution in [0.2, 0.25) is 0 Å². The fraction of sp³-hybridized carbons (Fsp3) is 0.286. The van der Waals surface area contributed by atoms with Gasteiger partial charge < -0.3 is 0 Å². The van der Waals surface area contributed by atoms with E-state index in [-0.39, 0.29) is 5.82 Å². The molecule has 0 aliphatic heterocycles. The predicted molar refractivity (Wildman–Crippen MR) is 97.4 cm³/mol. The number of aromatic nitrogens is 3. The predicted octanol–water partition coefficient (Wildman–Crippen LogP) is 4.14. The van der Waals surface area contributed by atoms with Gasteiger partial charge in [-0.25, -0.2) is 14.5 Å². The highest BCUT2D eigenvalue weighted by Crippen LogP contribution is 2.23. The lowest BCUT2D eigenvalue weighted by atomic mass is 10.0. The van der Waals surface area contributed by atoms with Crippen molar-refractivity contribution < 1.29 is 12.8 Å². The van der Waals surface area contributed by atoms with Crippen LogP contribution in [0.3, 0.4) is 0 Å². The topological polar surface area (TPSA) is 29.7 Å². The molecule has 3 rings (SSSR count). The van der Waals surface area contributed by atoms with Gasteiger partial charge in [-0.1, -0.05) is 32.0 Å². The fourth-order valence-corrected chi connectivity index (χ4v) is 2.63. The van der Waals surface area contributed by atoms with Gasteiger partial charge in [-0.15, -0.1) is 0 Å². The first-order chi connectivity index (χ1) is 13.9. The molecule has 3 heteroatoms. The van der Waals surface area contributed by atoms with E-state index in [2.05, 4.69) is 29.0 Å². The average molecular weight is 324 g/mol. The van der Waals surface area contributed by atoms with Crippen LogP contribution >= 0.6 is 0 Å². The SMILES string of the molecule is [2H]C([2H])([2H])C([2H])(C)C([2H])([2H])c1ncc(-c2ccc(-c3ccccc3C)[n+](C)c2)cn1. The molecule has 0 fully saturated rings. The highest BCUT2D eigenvalue weighted by Gasteiger charge is 2.13. The van der Waals surface area contributed by atoms with Gasteiger partial charge >= 0.3 is 0 Å². The molecular formula is C21H24N3+. The number of hydrogen-bond donors (Lipinski definition) is 0. The summed E-state index contributed by atoms with van der Waals surface area (Å²) in [6, 6.07) is 12.1. The van der Waals surface area contributed by atoms with Crippen LogP contribution in [0.25, 0.3) is 22.4 Å². The third kappa shape index (κ3) is 3.51. The summed E-state index contributed by atoms with van der Waals surface area (Å²) in [5.74, 6) is -2.70. The van der Waals surface area contributed by atoms with Crippen molar-refractivity contribution in [2.75, 3.05) is 0 Å². The van der Waals surface area contributed by atoms with Crippen LogP contribution < -0.4 is 4.57 Å². The van der Waals surface area contributed by atoms with E-state index in [1.165, 1.54) is 18.0 Å². The zero-order valence-corrected chi connectivity index (χ0v) is 14.0. The lowest BCUT2D eigenvalue weighted by Crippen LogP contribution is -2.30. The number of pyridine rings is 1. The summed E-state index contributed by atoms with van der Waals surface area (Å²) >= 11 is 0. The molecule has 1 unspecified atom stereocenters. The number of nitrogens with zero attached hydrogens (tertiary/aromatic N) is 3. The Morgan fingerprint density at radius 1 is 1.17 bits per heavy atom. The Morgan fingerprint density at radius 3 is 2.58 bits per heavy atom. The van der Waals surface area contributed by atoms with Crippen molar-refractivity contribution in [2.45, 2.75) is 27.1 Å². The quantitative estimate of drug-likeness (QED) is 0.675. The molecule has 1 atom stereocenters. The largest absolute Gasteiger partial charge is 0.241 e. The highest BCUT2D eigenvalue weighted by atomic mass is 14.9. The zero-order valence-electron chi connectivity index (χ0n) is 20.0. The zero-order chi connectivity index (χ0) is 22.3. The smallest absolute Gasteiger partial charge is 0.212 e. The van der Waals surface area contributed by atoms with Crippen molar-refractivity contribution in [3.05, 3.63) is 66.4 Å². The molecule has 1 aromatic carbocycles. The molecule has 3 nitrogen and oxygen atoms in total. The Hall–Kier alpha value is -2.55. The molecule has 0 spiro atoms. The van der Waals surface area contributed by atoms with Gasteiger partial charge in [-0.05, 0) is 30.5 Å². The first kappa shape index (κ1) is 10.3. The second kappa shape index (κ2) is 6.91. The van der Waals surface area contributed by atoms with E-state index in [9.17, 15) is 0 Å². The molecule has 0 saturated heterocycles. The Balaban J connectivity index is 1.94. The number of hydrogen-bond acceptors (Lipinski definition) is 2. The van der Waals surface area contributed by atoms with E-state index in [4.69, 9.17) is 8.22 Å². The molecular weight excluding hydrogens is 294 g/mol. The van der Waals surface area contributed by atoms with Crippen LogP contribution in [-0.4, -0.2) is 9.97 Å². The molecule has 3 aromatic rings. The van der Waals surface area contributed by atoms with Crippen LogP contribution in [0.15, 0.2) is 55.0 Å². The van der Waals surface area contributed by atoms with Crippen LogP contribution in [0, 0.1) is 12.8 Å². The highest BCUT2D eigenvalue weighted by molar-refractivity contribution is 5.65. The molecule has 2 heterocycles. The monoisotopic (exact) mass is 324 g/mol. The average Bonchev–Trinajstić information content (AvgIpc) is 2.68. The van der Waals surface area contributed by atoms with E-state index in [1.54, 1.807) is 0 Å². The van der Waals surface area contributed by atoms with Gasteiger partial charge in [0.25, 0.3) is 0 Å². The van der Waals surface area contributed by atoms with E-state index >= 15 is 0 Å². The lowest BCUT2D eigenvalue weighted by Gasteiger charge is -2.07. The molecule has 0 saturated carbocycles. The number of aryl methyl sites for hydroxylation is 2. The van der Waals surface area contributed by atoms with Gasteiger partial charge in [0, 0.05) is 49.7 Å². The van der Waals surface area contributed by atoms with Crippen LogP contribution in [0.5, 0.6) is 0 Å². The molecule has 0 aliphatic rings. The molecule has 0 N–H and O–H groups in total. The maximum absolute atomic E-state index is 8.17. The summed E-state index contributed by atoms with van der Waals surface area (Å²) in [7, 11) is 1.95. The van der Waals surface area contributed by atoms with Gasteiger partial charge in [-0.2, -0.15) is 0 Å². The fourth-order valence-electron chi connectivity index (χ4n) is 2.63. The minimum atomic E-state index is -2.82. The molecule has 2 aromatic heterocycles. The molecule has 0 amide bonds. The van der Waals surface area contributed by atoms with Crippen molar-refractivity contribution >= 4 is 0 Å². The van der Waals surface area contributed by atoms with E-state index in [0.29, 0.717) is 5.56 Å². The van der Waals surface area contributed by atoms with Crippen molar-refractivity contribution in [3.8, 4) is 22.4 Å². The summed E-state index contributed by atoms with van der Waals surface area (Å²) in [5, 5.41) is 0. The van der Waals surface area contributed by atoms with Crippen LogP contribution in [0.4, 0.5) is 0 Å². The van der Waals surface area contributed by atoms with E-state index in [1.807, 2.05) is 42.1 Å². The minimum Gasteiger partial charge on any atom is -0.241 e. The van der Waals surface area contributed by atoms with Crippen molar-refractivity contribution in [1.29, 1.82) is 0 Å². The van der Waals surface area contributed by atoms with Gasteiger partial charge in [0.05, 0.1) is 0 Å².